The summed E-state index contributed by atoms with van der Waals surface area (Å²) in [5.41, 5.74) is 1.98. The Balaban J connectivity index is 2.22. The number of nitrogens with zero attached hydrogens (tertiary/aromatic N) is 1. The second-order valence-corrected chi connectivity index (χ2v) is 4.88. The van der Waals surface area contributed by atoms with E-state index in [4.69, 9.17) is 0 Å². The van der Waals surface area contributed by atoms with Crippen LogP contribution in [-0.2, 0) is 0 Å². The van der Waals surface area contributed by atoms with Crippen LogP contribution in [-0.4, -0.2) is 47.9 Å². The summed E-state index contributed by atoms with van der Waals surface area (Å²) in [6.07, 6.45) is 0.663. The molecule has 1 aromatic carbocycles. The normalized spacial score (nSPS) is 18.8. The number of aliphatic hydroxyl groups excluding tert-OH is 1. The zero-order valence-corrected chi connectivity index (χ0v) is 10.9. The van der Waals surface area contributed by atoms with E-state index in [0.717, 1.165) is 37.3 Å². The van der Waals surface area contributed by atoms with Crippen LogP contribution in [0.5, 0.6) is 5.75 Å². The molecule has 0 bridgehead atoms. The molecule has 4 nitrogen and oxygen atoms in total. The van der Waals surface area contributed by atoms with Gasteiger partial charge >= 0.3 is 0 Å². The minimum Gasteiger partial charge on any atom is -0.508 e. The topological polar surface area (TPSA) is 55.7 Å². The van der Waals surface area contributed by atoms with Crippen molar-refractivity contribution in [1.82, 2.24) is 10.2 Å². The number of hydrogen-bond donors (Lipinski definition) is 3. The SMILES string of the molecule is Cc1ccc([C@H](CCO)N2CCNCC2)c(O)c1. The number of hydrogen-bond acceptors (Lipinski definition) is 4. The van der Waals surface area contributed by atoms with Crippen molar-refractivity contribution in [2.45, 2.75) is 19.4 Å². The predicted molar refractivity (Wildman–Crippen MR) is 71.7 cm³/mol. The summed E-state index contributed by atoms with van der Waals surface area (Å²) in [6, 6.07) is 5.90. The Morgan fingerprint density at radius 1 is 1.33 bits per heavy atom. The van der Waals surface area contributed by atoms with Gasteiger partial charge in [-0.15, -0.1) is 0 Å². The van der Waals surface area contributed by atoms with E-state index >= 15 is 0 Å². The minimum absolute atomic E-state index is 0.109. The van der Waals surface area contributed by atoms with Gasteiger partial charge in [0.2, 0.25) is 0 Å². The molecule has 1 aliphatic rings. The van der Waals surface area contributed by atoms with E-state index in [1.807, 2.05) is 19.1 Å². The maximum atomic E-state index is 10.1. The van der Waals surface area contributed by atoms with Crippen LogP contribution in [0, 0.1) is 6.92 Å². The first-order valence-corrected chi connectivity index (χ1v) is 6.57. The van der Waals surface area contributed by atoms with E-state index in [0.29, 0.717) is 12.2 Å². The number of phenols is 1. The van der Waals surface area contributed by atoms with E-state index in [1.54, 1.807) is 6.07 Å². The van der Waals surface area contributed by atoms with Crippen molar-refractivity contribution in [3.63, 3.8) is 0 Å². The maximum absolute atomic E-state index is 10.1. The first-order valence-electron chi connectivity index (χ1n) is 6.57. The van der Waals surface area contributed by atoms with Gasteiger partial charge in [0.15, 0.2) is 0 Å². The van der Waals surface area contributed by atoms with E-state index in [9.17, 15) is 10.2 Å². The van der Waals surface area contributed by atoms with Gasteiger partial charge in [-0.2, -0.15) is 0 Å². The first kappa shape index (κ1) is 13.3. The number of aliphatic hydroxyl groups is 1. The molecule has 0 aromatic heterocycles. The zero-order valence-electron chi connectivity index (χ0n) is 10.9. The third-order valence-corrected chi connectivity index (χ3v) is 3.54. The van der Waals surface area contributed by atoms with Crippen LogP contribution >= 0.6 is 0 Å². The number of aromatic hydroxyl groups is 1. The van der Waals surface area contributed by atoms with Gasteiger partial charge in [-0.1, -0.05) is 12.1 Å². The highest BCUT2D eigenvalue weighted by molar-refractivity contribution is 5.38. The highest BCUT2D eigenvalue weighted by Crippen LogP contribution is 2.31. The van der Waals surface area contributed by atoms with Gasteiger partial charge in [-0.05, 0) is 25.0 Å². The molecule has 1 heterocycles. The van der Waals surface area contributed by atoms with Crippen molar-refractivity contribution in [3.8, 4) is 5.75 Å². The summed E-state index contributed by atoms with van der Waals surface area (Å²) < 4.78 is 0. The third kappa shape index (κ3) is 3.02. The van der Waals surface area contributed by atoms with Gasteiger partial charge in [-0.3, -0.25) is 4.90 Å². The smallest absolute Gasteiger partial charge is 0.120 e. The molecule has 100 valence electrons. The van der Waals surface area contributed by atoms with Gasteiger partial charge in [0.05, 0.1) is 0 Å². The van der Waals surface area contributed by atoms with Gasteiger partial charge in [0, 0.05) is 44.4 Å². The second-order valence-electron chi connectivity index (χ2n) is 4.88. The van der Waals surface area contributed by atoms with Crippen molar-refractivity contribution < 1.29 is 10.2 Å². The number of piperazine rings is 1. The Kier molecular flexibility index (Phi) is 4.58. The number of phenolic OH excluding ortho intramolecular Hbond substituents is 1. The molecule has 3 N–H and O–H groups in total. The molecule has 0 radical (unpaired) electrons. The average molecular weight is 250 g/mol. The summed E-state index contributed by atoms with van der Waals surface area (Å²) in [6.45, 7) is 5.95. The lowest BCUT2D eigenvalue weighted by Gasteiger charge is -2.35. The van der Waals surface area contributed by atoms with Crippen LogP contribution in [0.4, 0.5) is 0 Å². The van der Waals surface area contributed by atoms with Gasteiger partial charge in [0.25, 0.3) is 0 Å². The second kappa shape index (κ2) is 6.18. The summed E-state index contributed by atoms with van der Waals surface area (Å²) in [4.78, 5) is 2.33. The molecule has 1 atom stereocenters. The van der Waals surface area contributed by atoms with Crippen LogP contribution in [0.3, 0.4) is 0 Å². The fraction of sp³-hybridized carbons (Fsp3) is 0.571. The maximum Gasteiger partial charge on any atom is 0.120 e. The highest BCUT2D eigenvalue weighted by Gasteiger charge is 2.23. The number of rotatable bonds is 4. The van der Waals surface area contributed by atoms with Crippen LogP contribution in [0.25, 0.3) is 0 Å². The van der Waals surface area contributed by atoms with Crippen LogP contribution in [0.2, 0.25) is 0 Å². The number of nitrogens with one attached hydrogen (secondary N) is 1. The Hall–Kier alpha value is -1.10. The van der Waals surface area contributed by atoms with Crippen LogP contribution < -0.4 is 5.32 Å². The summed E-state index contributed by atoms with van der Waals surface area (Å²) >= 11 is 0. The van der Waals surface area contributed by atoms with E-state index in [1.165, 1.54) is 0 Å². The number of benzene rings is 1. The van der Waals surface area contributed by atoms with Crippen molar-refractivity contribution in [1.29, 1.82) is 0 Å². The Bertz CT molecular complexity index is 389. The minimum atomic E-state index is 0.109. The first-order chi connectivity index (χ1) is 8.72. The van der Waals surface area contributed by atoms with Gasteiger partial charge in [-0.25, -0.2) is 0 Å². The molecule has 0 unspecified atom stereocenters. The van der Waals surface area contributed by atoms with E-state index in [-0.39, 0.29) is 12.6 Å². The molecule has 18 heavy (non-hydrogen) atoms. The molecule has 4 heteroatoms. The Morgan fingerprint density at radius 2 is 2.06 bits per heavy atom. The Morgan fingerprint density at radius 3 is 2.67 bits per heavy atom. The molecule has 1 saturated heterocycles. The molecule has 1 fully saturated rings. The molecular formula is C14H22N2O2. The van der Waals surface area contributed by atoms with Crippen LogP contribution in [0.1, 0.15) is 23.6 Å². The average Bonchev–Trinajstić information content (AvgIpc) is 2.38. The van der Waals surface area contributed by atoms with Crippen LogP contribution in [0.15, 0.2) is 18.2 Å². The standard InChI is InChI=1S/C14H22N2O2/c1-11-2-3-12(14(18)10-11)13(4-9-17)16-7-5-15-6-8-16/h2-3,10,13,15,17-18H,4-9H2,1H3/t13-/m0/s1. The Labute approximate surface area is 108 Å². The molecule has 0 amide bonds. The summed E-state index contributed by atoms with van der Waals surface area (Å²) in [7, 11) is 0. The van der Waals surface area contributed by atoms with E-state index in [2.05, 4.69) is 10.2 Å². The lowest BCUT2D eigenvalue weighted by molar-refractivity contribution is 0.139. The third-order valence-electron chi connectivity index (χ3n) is 3.54. The molecule has 1 aliphatic heterocycles. The molecule has 1 aromatic rings. The summed E-state index contributed by atoms with van der Waals surface area (Å²) in [5, 5.41) is 22.7. The lowest BCUT2D eigenvalue weighted by Crippen LogP contribution is -2.45. The van der Waals surface area contributed by atoms with Crippen molar-refractivity contribution in [2.24, 2.45) is 0 Å². The lowest BCUT2D eigenvalue weighted by atomic mass is 9.99. The van der Waals surface area contributed by atoms with Gasteiger partial charge < -0.3 is 15.5 Å². The number of aryl methyl sites for hydroxylation is 1. The van der Waals surface area contributed by atoms with Gasteiger partial charge in [0.1, 0.15) is 5.75 Å². The summed E-state index contributed by atoms with van der Waals surface area (Å²) in [5.74, 6) is 0.340. The molecule has 2 rings (SSSR count). The molecular weight excluding hydrogens is 228 g/mol. The van der Waals surface area contributed by atoms with Crippen molar-refractivity contribution in [2.75, 3.05) is 32.8 Å². The van der Waals surface area contributed by atoms with Crippen molar-refractivity contribution >= 4 is 0 Å². The molecule has 0 spiro atoms. The molecule has 0 saturated carbocycles. The molecule has 0 aliphatic carbocycles. The largest absolute Gasteiger partial charge is 0.508 e. The monoisotopic (exact) mass is 250 g/mol. The zero-order chi connectivity index (χ0) is 13.0. The fourth-order valence-electron chi connectivity index (χ4n) is 2.59. The quantitative estimate of drug-likeness (QED) is 0.747. The predicted octanol–water partition coefficient (Wildman–Crippen LogP) is 1.03. The highest BCUT2D eigenvalue weighted by atomic mass is 16.3. The fourth-order valence-corrected chi connectivity index (χ4v) is 2.59. The van der Waals surface area contributed by atoms with Crippen molar-refractivity contribution in [3.05, 3.63) is 29.3 Å². The van der Waals surface area contributed by atoms with E-state index < -0.39 is 0 Å².